The first kappa shape index (κ1) is 21.2. The number of hydrogen-bond donors (Lipinski definition) is 0. The summed E-state index contributed by atoms with van der Waals surface area (Å²) in [5, 5.41) is 5.13. The normalized spacial score (nSPS) is 11.5. The smallest absolute Gasteiger partial charge is 0.0547 e. The number of rotatable bonds is 3. The highest BCUT2D eigenvalue weighted by Crippen LogP contribution is 2.39. The minimum atomic E-state index is 1.09. The van der Waals surface area contributed by atoms with Gasteiger partial charge in [-0.25, -0.2) is 0 Å². The third-order valence-electron chi connectivity index (χ3n) is 7.04. The van der Waals surface area contributed by atoms with Crippen molar-refractivity contribution in [3.63, 3.8) is 0 Å². The molecule has 0 aliphatic rings. The van der Waals surface area contributed by atoms with Crippen molar-refractivity contribution in [1.82, 2.24) is 4.57 Å². The Hall–Kier alpha value is -4.14. The second-order valence-electron chi connectivity index (χ2n) is 9.17. The number of benzene rings is 6. The first-order valence-corrected chi connectivity index (χ1v) is 12.9. The molecule has 2 heteroatoms. The van der Waals surface area contributed by atoms with E-state index in [4.69, 9.17) is 0 Å². The molecule has 36 heavy (non-hydrogen) atoms. The van der Waals surface area contributed by atoms with Crippen LogP contribution in [0.15, 0.2) is 138 Å². The van der Waals surface area contributed by atoms with Gasteiger partial charge in [0.2, 0.25) is 0 Å². The maximum atomic E-state index is 3.55. The van der Waals surface area contributed by atoms with Gasteiger partial charge in [0.1, 0.15) is 0 Å². The van der Waals surface area contributed by atoms with Crippen LogP contribution in [0.5, 0.6) is 0 Å². The molecule has 170 valence electrons. The predicted molar refractivity (Wildman–Crippen MR) is 157 cm³/mol. The van der Waals surface area contributed by atoms with Gasteiger partial charge in [-0.05, 0) is 81.6 Å². The Labute approximate surface area is 218 Å². The van der Waals surface area contributed by atoms with Crippen molar-refractivity contribution in [2.45, 2.75) is 0 Å². The number of hydrogen-bond acceptors (Lipinski definition) is 0. The third-order valence-corrected chi connectivity index (χ3v) is 7.57. The van der Waals surface area contributed by atoms with Crippen LogP contribution in [0.25, 0.3) is 60.5 Å². The van der Waals surface area contributed by atoms with Gasteiger partial charge in [-0.2, -0.15) is 0 Å². The SMILES string of the molecule is Brc1ccc(-c2cccc(-c3ccc4c(c3)c3c5ccccc5ccc3n4-c3ccccc3)c2)cc1. The van der Waals surface area contributed by atoms with E-state index in [1.165, 1.54) is 60.5 Å². The van der Waals surface area contributed by atoms with Crippen molar-refractivity contribution < 1.29 is 0 Å². The van der Waals surface area contributed by atoms with Crippen LogP contribution in [0.4, 0.5) is 0 Å². The van der Waals surface area contributed by atoms with Crippen molar-refractivity contribution in [3.8, 4) is 27.9 Å². The zero-order valence-electron chi connectivity index (χ0n) is 19.5. The summed E-state index contributed by atoms with van der Waals surface area (Å²) in [6.07, 6.45) is 0. The van der Waals surface area contributed by atoms with Crippen LogP contribution in [-0.4, -0.2) is 4.57 Å². The lowest BCUT2D eigenvalue weighted by molar-refractivity contribution is 1.18. The minimum absolute atomic E-state index is 1.09. The average molecular weight is 524 g/mol. The predicted octanol–water partition coefficient (Wildman–Crippen LogP) is 10.0. The lowest BCUT2D eigenvalue weighted by Crippen LogP contribution is -1.93. The van der Waals surface area contributed by atoms with Crippen LogP contribution < -0.4 is 0 Å². The quantitative estimate of drug-likeness (QED) is 0.217. The molecule has 0 amide bonds. The summed E-state index contributed by atoms with van der Waals surface area (Å²) in [5.41, 5.74) is 8.51. The van der Waals surface area contributed by atoms with Crippen molar-refractivity contribution >= 4 is 48.5 Å². The van der Waals surface area contributed by atoms with Crippen LogP contribution in [-0.2, 0) is 0 Å². The highest BCUT2D eigenvalue weighted by Gasteiger charge is 2.15. The summed E-state index contributed by atoms with van der Waals surface area (Å²) in [6.45, 7) is 0. The molecule has 0 radical (unpaired) electrons. The van der Waals surface area contributed by atoms with Crippen LogP contribution in [0.3, 0.4) is 0 Å². The van der Waals surface area contributed by atoms with Crippen LogP contribution >= 0.6 is 15.9 Å². The molecule has 1 nitrogen and oxygen atoms in total. The largest absolute Gasteiger partial charge is 0.309 e. The van der Waals surface area contributed by atoms with Gasteiger partial charge in [0.25, 0.3) is 0 Å². The van der Waals surface area contributed by atoms with E-state index in [0.29, 0.717) is 0 Å². The Morgan fingerprint density at radius 1 is 0.444 bits per heavy atom. The van der Waals surface area contributed by atoms with Crippen LogP contribution in [0, 0.1) is 0 Å². The molecule has 0 atom stereocenters. The Morgan fingerprint density at radius 3 is 1.94 bits per heavy atom. The minimum Gasteiger partial charge on any atom is -0.309 e. The zero-order chi connectivity index (χ0) is 24.1. The number of nitrogens with zero attached hydrogens (tertiary/aromatic N) is 1. The first-order chi connectivity index (χ1) is 17.8. The number of aromatic nitrogens is 1. The van der Waals surface area contributed by atoms with Crippen LogP contribution in [0.2, 0.25) is 0 Å². The number of para-hydroxylation sites is 1. The Bertz CT molecular complexity index is 1880. The Morgan fingerprint density at radius 2 is 1.11 bits per heavy atom. The molecule has 0 spiro atoms. The summed E-state index contributed by atoms with van der Waals surface area (Å²) in [5.74, 6) is 0. The third kappa shape index (κ3) is 3.45. The van der Waals surface area contributed by atoms with Gasteiger partial charge in [-0.15, -0.1) is 0 Å². The number of halogens is 1. The molecule has 0 bridgehead atoms. The summed E-state index contributed by atoms with van der Waals surface area (Å²) >= 11 is 3.55. The fourth-order valence-electron chi connectivity index (χ4n) is 5.35. The standard InChI is InChI=1S/C34H22BrN/c35-28-17-13-23(14-18-28)25-8-6-9-26(21-25)27-16-19-32-31(22-27)34-30-12-5-4-7-24(30)15-20-33(34)36(32)29-10-2-1-3-11-29/h1-22H. The molecule has 0 N–H and O–H groups in total. The maximum absolute atomic E-state index is 3.55. The zero-order valence-corrected chi connectivity index (χ0v) is 21.1. The second kappa shape index (κ2) is 8.51. The highest BCUT2D eigenvalue weighted by atomic mass is 79.9. The first-order valence-electron chi connectivity index (χ1n) is 12.1. The van der Waals surface area contributed by atoms with Crippen molar-refractivity contribution in [1.29, 1.82) is 0 Å². The van der Waals surface area contributed by atoms with Gasteiger partial charge >= 0.3 is 0 Å². The summed E-state index contributed by atoms with van der Waals surface area (Å²) in [4.78, 5) is 0. The molecular formula is C34H22BrN. The van der Waals surface area contributed by atoms with E-state index in [2.05, 4.69) is 154 Å². The Kier molecular flexibility index (Phi) is 5.00. The van der Waals surface area contributed by atoms with Crippen LogP contribution in [0.1, 0.15) is 0 Å². The molecule has 0 aliphatic heterocycles. The summed E-state index contributed by atoms with van der Waals surface area (Å²) < 4.78 is 3.48. The molecule has 0 saturated heterocycles. The molecule has 7 aromatic rings. The molecule has 7 rings (SSSR count). The molecule has 0 aliphatic carbocycles. The highest BCUT2D eigenvalue weighted by molar-refractivity contribution is 9.10. The molecule has 6 aromatic carbocycles. The number of fused-ring (bicyclic) bond motifs is 5. The molecule has 0 unspecified atom stereocenters. The average Bonchev–Trinajstić information content (AvgIpc) is 3.28. The van der Waals surface area contributed by atoms with E-state index in [0.717, 1.165) is 4.47 Å². The lowest BCUT2D eigenvalue weighted by Gasteiger charge is -2.09. The van der Waals surface area contributed by atoms with Gasteiger partial charge < -0.3 is 4.57 Å². The van der Waals surface area contributed by atoms with Gasteiger partial charge in [0, 0.05) is 20.9 Å². The maximum Gasteiger partial charge on any atom is 0.0547 e. The summed E-state index contributed by atoms with van der Waals surface area (Å²) in [7, 11) is 0. The van der Waals surface area contributed by atoms with E-state index < -0.39 is 0 Å². The second-order valence-corrected chi connectivity index (χ2v) is 10.1. The fourth-order valence-corrected chi connectivity index (χ4v) is 5.61. The van der Waals surface area contributed by atoms with Crippen molar-refractivity contribution in [3.05, 3.63) is 138 Å². The van der Waals surface area contributed by atoms with Crippen molar-refractivity contribution in [2.75, 3.05) is 0 Å². The molecule has 1 heterocycles. The molecule has 0 saturated carbocycles. The van der Waals surface area contributed by atoms with Gasteiger partial charge in [-0.3, -0.25) is 0 Å². The monoisotopic (exact) mass is 523 g/mol. The molecule has 0 fully saturated rings. The van der Waals surface area contributed by atoms with E-state index >= 15 is 0 Å². The van der Waals surface area contributed by atoms with E-state index in [1.807, 2.05) is 0 Å². The molecule has 1 aromatic heterocycles. The van der Waals surface area contributed by atoms with Gasteiger partial charge in [0.05, 0.1) is 11.0 Å². The summed E-state index contributed by atoms with van der Waals surface area (Å²) in [6, 6.07) is 48.1. The van der Waals surface area contributed by atoms with E-state index in [9.17, 15) is 0 Å². The fraction of sp³-hybridized carbons (Fsp3) is 0. The van der Waals surface area contributed by atoms with Gasteiger partial charge in [0.15, 0.2) is 0 Å². The lowest BCUT2D eigenvalue weighted by atomic mass is 9.97. The van der Waals surface area contributed by atoms with E-state index in [1.54, 1.807) is 0 Å². The Balaban J connectivity index is 1.49. The molecular weight excluding hydrogens is 502 g/mol. The van der Waals surface area contributed by atoms with E-state index in [-0.39, 0.29) is 0 Å². The van der Waals surface area contributed by atoms with Gasteiger partial charge in [-0.1, -0.05) is 101 Å². The van der Waals surface area contributed by atoms with Crippen molar-refractivity contribution in [2.24, 2.45) is 0 Å². The topological polar surface area (TPSA) is 4.93 Å².